The molecule has 0 aliphatic carbocycles. The first-order valence-corrected chi connectivity index (χ1v) is 16.2. The molecule has 3 nitrogen and oxygen atoms in total. The van der Waals surface area contributed by atoms with E-state index in [1.807, 2.05) is 24.3 Å². The Hall–Kier alpha value is -2.78. The molecule has 0 radical (unpaired) electrons. The van der Waals surface area contributed by atoms with Crippen molar-refractivity contribution >= 4 is 0 Å². The second-order valence-corrected chi connectivity index (χ2v) is 11.6. The summed E-state index contributed by atoms with van der Waals surface area (Å²) in [6.45, 7) is 2.28. The molecule has 0 amide bonds. The Labute approximate surface area is 250 Å². The number of benzene rings is 3. The van der Waals surface area contributed by atoms with Gasteiger partial charge in [-0.2, -0.15) is 0 Å². The minimum atomic E-state index is -0.585. The first-order valence-electron chi connectivity index (χ1n) is 16.2. The fraction of sp³-hybridized carbons (Fsp3) is 0.526. The maximum absolute atomic E-state index is 11.6. The largest absolute Gasteiger partial charge is 0.493 e. The summed E-state index contributed by atoms with van der Waals surface area (Å²) >= 11 is 0. The van der Waals surface area contributed by atoms with Gasteiger partial charge in [-0.05, 0) is 30.0 Å². The molecule has 3 aromatic rings. The van der Waals surface area contributed by atoms with E-state index < -0.39 is 11.5 Å². The zero-order valence-electron chi connectivity index (χ0n) is 26.0. The van der Waals surface area contributed by atoms with E-state index >= 15 is 0 Å². The average molecular weight is 559 g/mol. The number of ether oxygens (including phenoxy) is 2. The molecule has 0 heterocycles. The molecule has 0 aliphatic rings. The molecule has 1 N–H and O–H groups in total. The summed E-state index contributed by atoms with van der Waals surface area (Å²) in [5.41, 5.74) is 2.71. The molecule has 3 aromatic carbocycles. The quantitative estimate of drug-likeness (QED) is 0.104. The van der Waals surface area contributed by atoms with Gasteiger partial charge in [-0.15, -0.1) is 0 Å². The van der Waals surface area contributed by atoms with Crippen molar-refractivity contribution in [3.63, 3.8) is 0 Å². The zero-order chi connectivity index (χ0) is 29.2. The summed E-state index contributed by atoms with van der Waals surface area (Å²) in [5.74, 6) is 1.42. The Bertz CT molecular complexity index is 1040. The summed E-state index contributed by atoms with van der Waals surface area (Å²) in [7, 11) is 3.38. The maximum Gasteiger partial charge on any atom is 0.165 e. The molecule has 0 aliphatic heterocycles. The summed E-state index contributed by atoms with van der Waals surface area (Å²) in [5, 5.41) is 11.6. The van der Waals surface area contributed by atoms with E-state index in [0.717, 1.165) is 35.3 Å². The van der Waals surface area contributed by atoms with Gasteiger partial charge in [0, 0.05) is 5.56 Å². The van der Waals surface area contributed by atoms with Crippen LogP contribution in [0.2, 0.25) is 0 Å². The number of rotatable bonds is 21. The highest BCUT2D eigenvalue weighted by molar-refractivity contribution is 5.59. The molecule has 3 rings (SSSR count). The number of hydrogen-bond acceptors (Lipinski definition) is 3. The van der Waals surface area contributed by atoms with Crippen molar-refractivity contribution in [2.45, 2.75) is 115 Å². The van der Waals surface area contributed by atoms with Crippen LogP contribution in [-0.4, -0.2) is 25.4 Å². The van der Waals surface area contributed by atoms with Crippen molar-refractivity contribution in [3.8, 4) is 11.5 Å². The highest BCUT2D eigenvalue weighted by Gasteiger charge is 2.41. The highest BCUT2D eigenvalue weighted by Crippen LogP contribution is 2.49. The molecule has 0 saturated heterocycles. The van der Waals surface area contributed by atoms with Crippen molar-refractivity contribution in [2.75, 3.05) is 14.2 Å². The van der Waals surface area contributed by atoms with Crippen molar-refractivity contribution in [2.24, 2.45) is 0 Å². The van der Waals surface area contributed by atoms with E-state index in [1.54, 1.807) is 14.2 Å². The monoisotopic (exact) mass is 558 g/mol. The topological polar surface area (TPSA) is 38.7 Å². The van der Waals surface area contributed by atoms with E-state index in [0.29, 0.717) is 12.2 Å². The van der Waals surface area contributed by atoms with Gasteiger partial charge in [-0.3, -0.25) is 0 Å². The van der Waals surface area contributed by atoms with Crippen molar-refractivity contribution in [3.05, 3.63) is 95.6 Å². The number of methoxy groups -OCH3 is 2. The molecule has 0 fully saturated rings. The predicted molar refractivity (Wildman–Crippen MR) is 173 cm³/mol. The SMILES string of the molecule is CCCCCCCCCCCCCCCC(O)CC(c1ccccc1)(c1ccccc1)c1cccc(OC)c1OC. The predicted octanol–water partition coefficient (Wildman–Crippen LogP) is 10.3. The lowest BCUT2D eigenvalue weighted by atomic mass is 9.65. The van der Waals surface area contributed by atoms with Crippen LogP contribution < -0.4 is 9.47 Å². The van der Waals surface area contributed by atoms with Crippen molar-refractivity contribution in [1.82, 2.24) is 0 Å². The van der Waals surface area contributed by atoms with Crippen LogP contribution in [0.3, 0.4) is 0 Å². The second kappa shape index (κ2) is 18.6. The van der Waals surface area contributed by atoms with Gasteiger partial charge in [0.15, 0.2) is 11.5 Å². The zero-order valence-corrected chi connectivity index (χ0v) is 26.0. The average Bonchev–Trinajstić information content (AvgIpc) is 3.02. The molecule has 224 valence electrons. The fourth-order valence-corrected chi connectivity index (χ4v) is 6.35. The van der Waals surface area contributed by atoms with Crippen LogP contribution in [0, 0.1) is 0 Å². The van der Waals surface area contributed by atoms with E-state index in [9.17, 15) is 5.11 Å². The van der Waals surface area contributed by atoms with Gasteiger partial charge in [0.25, 0.3) is 0 Å². The van der Waals surface area contributed by atoms with E-state index in [2.05, 4.69) is 61.5 Å². The van der Waals surface area contributed by atoms with E-state index in [1.165, 1.54) is 77.0 Å². The summed E-state index contributed by atoms with van der Waals surface area (Å²) in [6, 6.07) is 27.2. The first kappa shape index (κ1) is 32.7. The summed E-state index contributed by atoms with van der Waals surface area (Å²) in [6.07, 6.45) is 18.2. The second-order valence-electron chi connectivity index (χ2n) is 11.6. The van der Waals surface area contributed by atoms with Gasteiger partial charge in [0.1, 0.15) is 0 Å². The Morgan fingerprint density at radius 3 is 1.54 bits per heavy atom. The van der Waals surface area contributed by atoms with Crippen LogP contribution in [0.1, 0.15) is 120 Å². The van der Waals surface area contributed by atoms with Gasteiger partial charge < -0.3 is 14.6 Å². The summed E-state index contributed by atoms with van der Waals surface area (Å²) in [4.78, 5) is 0. The molecule has 41 heavy (non-hydrogen) atoms. The van der Waals surface area contributed by atoms with Crippen LogP contribution in [0.25, 0.3) is 0 Å². The van der Waals surface area contributed by atoms with E-state index in [-0.39, 0.29) is 0 Å². The van der Waals surface area contributed by atoms with Crippen LogP contribution >= 0.6 is 0 Å². The van der Waals surface area contributed by atoms with Crippen LogP contribution in [0.15, 0.2) is 78.9 Å². The molecular formula is C38H54O3. The third kappa shape index (κ3) is 9.64. The highest BCUT2D eigenvalue weighted by atomic mass is 16.5. The lowest BCUT2D eigenvalue weighted by Gasteiger charge is -2.38. The molecule has 0 bridgehead atoms. The Kier molecular flexibility index (Phi) is 14.9. The number of aliphatic hydroxyl groups is 1. The van der Waals surface area contributed by atoms with Crippen molar-refractivity contribution in [1.29, 1.82) is 0 Å². The van der Waals surface area contributed by atoms with Crippen LogP contribution in [0.5, 0.6) is 11.5 Å². The Balaban J connectivity index is 1.65. The third-order valence-electron chi connectivity index (χ3n) is 8.58. The normalized spacial score (nSPS) is 12.3. The lowest BCUT2D eigenvalue weighted by Crippen LogP contribution is -2.34. The van der Waals surface area contributed by atoms with Gasteiger partial charge in [-0.25, -0.2) is 0 Å². The fourth-order valence-electron chi connectivity index (χ4n) is 6.35. The lowest BCUT2D eigenvalue weighted by molar-refractivity contribution is 0.133. The minimum absolute atomic E-state index is 0.445. The van der Waals surface area contributed by atoms with Crippen LogP contribution in [-0.2, 0) is 5.41 Å². The molecule has 3 heteroatoms. The van der Waals surface area contributed by atoms with E-state index in [4.69, 9.17) is 9.47 Å². The Morgan fingerprint density at radius 2 is 1.07 bits per heavy atom. The maximum atomic E-state index is 11.6. The number of para-hydroxylation sites is 1. The minimum Gasteiger partial charge on any atom is -0.493 e. The number of hydrogen-bond donors (Lipinski definition) is 1. The molecule has 0 aromatic heterocycles. The van der Waals surface area contributed by atoms with Gasteiger partial charge >= 0.3 is 0 Å². The summed E-state index contributed by atoms with van der Waals surface area (Å²) < 4.78 is 11.7. The number of aliphatic hydroxyl groups excluding tert-OH is 1. The molecule has 0 saturated carbocycles. The third-order valence-corrected chi connectivity index (χ3v) is 8.58. The molecule has 0 spiro atoms. The molecule has 1 unspecified atom stereocenters. The smallest absolute Gasteiger partial charge is 0.165 e. The Morgan fingerprint density at radius 1 is 0.585 bits per heavy atom. The van der Waals surface area contributed by atoms with Gasteiger partial charge in [0.05, 0.1) is 25.7 Å². The van der Waals surface area contributed by atoms with Crippen LogP contribution in [0.4, 0.5) is 0 Å². The van der Waals surface area contributed by atoms with Crippen molar-refractivity contribution < 1.29 is 14.6 Å². The molecular weight excluding hydrogens is 504 g/mol. The van der Waals surface area contributed by atoms with Gasteiger partial charge in [0.2, 0.25) is 0 Å². The first-order chi connectivity index (χ1) is 20.2. The number of unbranched alkanes of at least 4 members (excludes halogenated alkanes) is 12. The van der Waals surface area contributed by atoms with Gasteiger partial charge in [-0.1, -0.05) is 163 Å². The standard InChI is InChI=1S/C38H54O3/c1-4-5-6-7-8-9-10-11-12-13-14-15-22-28-34(39)31-38(32-24-18-16-19-25-32,33-26-20-17-21-27-33)35-29-23-30-36(40-2)37(35)41-3/h16-21,23-27,29-30,34,39H,4-15,22,28,31H2,1-3H3. The molecule has 1 atom stereocenters.